The maximum absolute atomic E-state index is 12.8. The minimum absolute atomic E-state index is 0.0130. The van der Waals surface area contributed by atoms with Crippen molar-refractivity contribution in [2.24, 2.45) is 0 Å². The Morgan fingerprint density at radius 3 is 2.67 bits per heavy atom. The highest BCUT2D eigenvalue weighted by molar-refractivity contribution is 5.92. The topological polar surface area (TPSA) is 50.2 Å². The average Bonchev–Trinajstić information content (AvgIpc) is 2.19. The molecule has 1 aromatic carbocycles. The summed E-state index contributed by atoms with van der Waals surface area (Å²) in [6, 6.07) is 4.86. The Bertz CT molecular complexity index is 554. The largest absolute Gasteiger partial charge is 0.478 e. The van der Waals surface area contributed by atoms with Gasteiger partial charge in [-0.25, -0.2) is 14.2 Å². The lowest BCUT2D eigenvalue weighted by Crippen LogP contribution is -1.97. The maximum atomic E-state index is 12.8. The third kappa shape index (κ3) is 1.63. The maximum Gasteiger partial charge on any atom is 0.335 e. The summed E-state index contributed by atoms with van der Waals surface area (Å²) in [7, 11) is 0. The molecule has 0 bridgehead atoms. The molecule has 0 fully saturated rings. The number of halogens is 2. The zero-order valence-electron chi connectivity index (χ0n) is 7.37. The lowest BCUT2D eigenvalue weighted by atomic mass is 10.1. The van der Waals surface area contributed by atoms with E-state index in [1.807, 2.05) is 0 Å². The first kappa shape index (κ1) is 9.51. The first-order valence-corrected chi connectivity index (χ1v) is 4.07. The highest BCUT2D eigenvalue weighted by atomic mass is 19.2. The molecule has 0 saturated carbocycles. The molecule has 0 atom stereocenters. The second-order valence-corrected chi connectivity index (χ2v) is 2.97. The molecule has 15 heavy (non-hydrogen) atoms. The van der Waals surface area contributed by atoms with Crippen LogP contribution in [-0.4, -0.2) is 16.1 Å². The van der Waals surface area contributed by atoms with Gasteiger partial charge in [0.05, 0.1) is 11.1 Å². The molecule has 5 heteroatoms. The van der Waals surface area contributed by atoms with Crippen LogP contribution in [-0.2, 0) is 0 Å². The molecule has 0 aliphatic rings. The smallest absolute Gasteiger partial charge is 0.335 e. The highest BCUT2D eigenvalue weighted by Gasteiger charge is 2.08. The van der Waals surface area contributed by atoms with Crippen LogP contribution in [0, 0.1) is 11.8 Å². The minimum Gasteiger partial charge on any atom is -0.478 e. The molecule has 1 aromatic heterocycles. The van der Waals surface area contributed by atoms with Crippen LogP contribution in [0.1, 0.15) is 10.4 Å². The number of hydrogen-bond acceptors (Lipinski definition) is 2. The Morgan fingerprint density at radius 1 is 1.27 bits per heavy atom. The van der Waals surface area contributed by atoms with Gasteiger partial charge in [-0.2, -0.15) is 4.39 Å². The van der Waals surface area contributed by atoms with Crippen molar-refractivity contribution in [2.45, 2.75) is 0 Å². The normalized spacial score (nSPS) is 10.5. The number of nitrogens with zero attached hydrogens (tertiary/aromatic N) is 1. The molecule has 1 heterocycles. The molecule has 2 rings (SSSR count). The molecule has 0 amide bonds. The molecule has 0 aliphatic carbocycles. The predicted octanol–water partition coefficient (Wildman–Crippen LogP) is 2.21. The number of pyridine rings is 1. The fraction of sp³-hybridized carbons (Fsp3) is 0. The van der Waals surface area contributed by atoms with E-state index in [1.54, 1.807) is 0 Å². The second-order valence-electron chi connectivity index (χ2n) is 2.97. The van der Waals surface area contributed by atoms with E-state index < -0.39 is 17.7 Å². The summed E-state index contributed by atoms with van der Waals surface area (Å²) in [5.41, 5.74) is 0.106. The summed E-state index contributed by atoms with van der Waals surface area (Å²) in [6.45, 7) is 0. The van der Waals surface area contributed by atoms with Crippen LogP contribution in [0.5, 0.6) is 0 Å². The van der Waals surface area contributed by atoms with E-state index in [0.717, 1.165) is 6.07 Å². The van der Waals surface area contributed by atoms with Crippen LogP contribution in [0.4, 0.5) is 8.78 Å². The van der Waals surface area contributed by atoms with Gasteiger partial charge in [0.25, 0.3) is 0 Å². The average molecular weight is 209 g/mol. The molecule has 0 saturated heterocycles. The molecule has 76 valence electrons. The molecular formula is C10H5F2NO2. The Hall–Kier alpha value is -2.04. The van der Waals surface area contributed by atoms with E-state index in [9.17, 15) is 13.6 Å². The first-order chi connectivity index (χ1) is 7.08. The van der Waals surface area contributed by atoms with Crippen LogP contribution in [0.3, 0.4) is 0 Å². The Labute approximate surface area is 83.0 Å². The van der Waals surface area contributed by atoms with Gasteiger partial charge in [0.1, 0.15) is 0 Å². The molecule has 2 aromatic rings. The number of rotatable bonds is 1. The van der Waals surface area contributed by atoms with E-state index in [0.29, 0.717) is 5.39 Å². The van der Waals surface area contributed by atoms with Crippen molar-refractivity contribution in [2.75, 3.05) is 0 Å². The van der Waals surface area contributed by atoms with E-state index in [4.69, 9.17) is 5.11 Å². The van der Waals surface area contributed by atoms with Crippen molar-refractivity contribution in [1.29, 1.82) is 0 Å². The Balaban J connectivity index is 2.72. The van der Waals surface area contributed by atoms with Crippen molar-refractivity contribution in [3.63, 3.8) is 0 Å². The van der Waals surface area contributed by atoms with E-state index in [1.165, 1.54) is 18.2 Å². The van der Waals surface area contributed by atoms with E-state index in [-0.39, 0.29) is 11.1 Å². The van der Waals surface area contributed by atoms with Crippen LogP contribution in [0.15, 0.2) is 24.3 Å². The van der Waals surface area contributed by atoms with Gasteiger partial charge in [-0.05, 0) is 18.2 Å². The molecule has 0 unspecified atom stereocenters. The van der Waals surface area contributed by atoms with Crippen molar-refractivity contribution in [1.82, 2.24) is 4.98 Å². The summed E-state index contributed by atoms with van der Waals surface area (Å²) in [5, 5.41) is 9.03. The van der Waals surface area contributed by atoms with Gasteiger partial charge in [0.2, 0.25) is 5.95 Å². The van der Waals surface area contributed by atoms with Gasteiger partial charge in [0.15, 0.2) is 5.82 Å². The number of aromatic carboxylic acids is 1. The van der Waals surface area contributed by atoms with Crippen LogP contribution in [0.2, 0.25) is 0 Å². The summed E-state index contributed by atoms with van der Waals surface area (Å²) in [6.07, 6.45) is 0. The van der Waals surface area contributed by atoms with Gasteiger partial charge in [-0.1, -0.05) is 6.07 Å². The van der Waals surface area contributed by atoms with Crippen LogP contribution in [0.25, 0.3) is 10.9 Å². The fourth-order valence-corrected chi connectivity index (χ4v) is 1.25. The summed E-state index contributed by atoms with van der Waals surface area (Å²) < 4.78 is 25.5. The number of benzene rings is 1. The molecule has 3 nitrogen and oxygen atoms in total. The lowest BCUT2D eigenvalue weighted by Gasteiger charge is -1.99. The summed E-state index contributed by atoms with van der Waals surface area (Å²) in [5.74, 6) is -3.42. The highest BCUT2D eigenvalue weighted by Crippen LogP contribution is 2.16. The zero-order valence-corrected chi connectivity index (χ0v) is 7.37. The molecule has 0 aliphatic heterocycles. The molecule has 1 N–H and O–H groups in total. The third-order valence-electron chi connectivity index (χ3n) is 1.98. The minimum atomic E-state index is -1.23. The van der Waals surface area contributed by atoms with Gasteiger partial charge >= 0.3 is 5.97 Å². The van der Waals surface area contributed by atoms with Gasteiger partial charge in [-0.3, -0.25) is 0 Å². The van der Waals surface area contributed by atoms with Crippen LogP contribution >= 0.6 is 0 Å². The molecular weight excluding hydrogens is 204 g/mol. The van der Waals surface area contributed by atoms with Crippen molar-refractivity contribution < 1.29 is 18.7 Å². The Kier molecular flexibility index (Phi) is 2.07. The van der Waals surface area contributed by atoms with E-state index >= 15 is 0 Å². The van der Waals surface area contributed by atoms with E-state index in [2.05, 4.69) is 4.98 Å². The number of carbonyl (C=O) groups is 1. The summed E-state index contributed by atoms with van der Waals surface area (Å²) in [4.78, 5) is 13.9. The monoisotopic (exact) mass is 209 g/mol. The fourth-order valence-electron chi connectivity index (χ4n) is 1.25. The number of hydrogen-bond donors (Lipinski definition) is 1. The number of aromatic nitrogens is 1. The standard InChI is InChI=1S/C10H5F2NO2/c11-7-3-5-1-2-6(10(14)15)4-8(5)13-9(7)12/h1-4H,(H,14,15). The lowest BCUT2D eigenvalue weighted by molar-refractivity contribution is 0.0697. The predicted molar refractivity (Wildman–Crippen MR) is 48.6 cm³/mol. The number of carboxylic acids is 1. The second kappa shape index (κ2) is 3.27. The van der Waals surface area contributed by atoms with Gasteiger partial charge < -0.3 is 5.11 Å². The van der Waals surface area contributed by atoms with Crippen molar-refractivity contribution in [3.8, 4) is 0 Å². The number of fused-ring (bicyclic) bond motifs is 1. The van der Waals surface area contributed by atoms with Gasteiger partial charge in [0, 0.05) is 5.39 Å². The van der Waals surface area contributed by atoms with Crippen molar-refractivity contribution in [3.05, 3.63) is 41.6 Å². The Morgan fingerprint density at radius 2 is 2.00 bits per heavy atom. The SMILES string of the molecule is O=C(O)c1ccc2cc(F)c(F)nc2c1. The van der Waals surface area contributed by atoms with Crippen LogP contribution < -0.4 is 0 Å². The molecule has 0 radical (unpaired) electrons. The quantitative estimate of drug-likeness (QED) is 0.732. The zero-order chi connectivity index (χ0) is 11.0. The molecule has 0 spiro atoms. The number of carboxylic acid groups (broad SMARTS) is 1. The van der Waals surface area contributed by atoms with Gasteiger partial charge in [-0.15, -0.1) is 0 Å². The first-order valence-electron chi connectivity index (χ1n) is 4.07. The van der Waals surface area contributed by atoms with Crippen molar-refractivity contribution >= 4 is 16.9 Å². The summed E-state index contributed by atoms with van der Waals surface area (Å²) >= 11 is 0. The third-order valence-corrected chi connectivity index (χ3v) is 1.98.